The second-order valence-corrected chi connectivity index (χ2v) is 6.26. The van der Waals surface area contributed by atoms with E-state index in [1.807, 2.05) is 0 Å². The van der Waals surface area contributed by atoms with Gasteiger partial charge in [0.05, 0.1) is 21.3 Å². The van der Waals surface area contributed by atoms with Crippen LogP contribution in [0.4, 0.5) is 0 Å². The zero-order valence-electron chi connectivity index (χ0n) is 15.6. The molecule has 5 nitrogen and oxygen atoms in total. The highest BCUT2D eigenvalue weighted by molar-refractivity contribution is 5.54. The molecule has 0 unspecified atom stereocenters. The van der Waals surface area contributed by atoms with Crippen LogP contribution < -0.4 is 19.5 Å². The van der Waals surface area contributed by atoms with Gasteiger partial charge in [-0.3, -0.25) is 4.90 Å². The summed E-state index contributed by atoms with van der Waals surface area (Å²) in [5, 5.41) is 3.44. The standard InChI is InChI=1S/C19H32N2O3/c1-5-6-7-8-16(21-11-9-20-10-12-21)15-13-17(22-2)19(24-4)18(14-15)23-3/h13-14,16,20H,5-12H2,1-4H3/t16-/m0/s1. The summed E-state index contributed by atoms with van der Waals surface area (Å²) < 4.78 is 16.6. The number of hydrogen-bond acceptors (Lipinski definition) is 5. The SMILES string of the molecule is CCCCC[C@@H](c1cc(OC)c(OC)c(OC)c1)N1CCNCC1. The largest absolute Gasteiger partial charge is 0.493 e. The molecule has 0 spiro atoms. The number of benzene rings is 1. The Balaban J connectivity index is 2.32. The summed E-state index contributed by atoms with van der Waals surface area (Å²) in [6.45, 7) is 6.50. The Morgan fingerprint density at radius 2 is 1.62 bits per heavy atom. The van der Waals surface area contributed by atoms with E-state index in [0.29, 0.717) is 11.8 Å². The molecular weight excluding hydrogens is 304 g/mol. The summed E-state index contributed by atoms with van der Waals surface area (Å²) >= 11 is 0. The second kappa shape index (κ2) is 9.74. The molecule has 24 heavy (non-hydrogen) atoms. The summed E-state index contributed by atoms with van der Waals surface area (Å²) in [5.41, 5.74) is 1.25. The lowest BCUT2D eigenvalue weighted by molar-refractivity contribution is 0.162. The summed E-state index contributed by atoms with van der Waals surface area (Å²) in [7, 11) is 5.00. The Morgan fingerprint density at radius 1 is 1.00 bits per heavy atom. The second-order valence-electron chi connectivity index (χ2n) is 6.26. The van der Waals surface area contributed by atoms with Gasteiger partial charge >= 0.3 is 0 Å². The van der Waals surface area contributed by atoms with Gasteiger partial charge in [0.15, 0.2) is 11.5 Å². The minimum absolute atomic E-state index is 0.396. The summed E-state index contributed by atoms with van der Waals surface area (Å²) in [5.74, 6) is 2.14. The van der Waals surface area contributed by atoms with Crippen molar-refractivity contribution >= 4 is 0 Å². The molecule has 0 amide bonds. The lowest BCUT2D eigenvalue weighted by Crippen LogP contribution is -2.45. The average molecular weight is 336 g/mol. The van der Waals surface area contributed by atoms with Gasteiger partial charge in [-0.05, 0) is 24.1 Å². The molecule has 0 bridgehead atoms. The monoisotopic (exact) mass is 336 g/mol. The Kier molecular flexibility index (Phi) is 7.66. The van der Waals surface area contributed by atoms with E-state index in [1.54, 1.807) is 21.3 Å². The third kappa shape index (κ3) is 4.54. The molecule has 1 aromatic rings. The van der Waals surface area contributed by atoms with Crippen molar-refractivity contribution in [3.63, 3.8) is 0 Å². The van der Waals surface area contributed by atoms with Gasteiger partial charge in [-0.25, -0.2) is 0 Å². The highest BCUT2D eigenvalue weighted by atomic mass is 16.5. The molecule has 1 N–H and O–H groups in total. The number of nitrogens with zero attached hydrogens (tertiary/aromatic N) is 1. The number of nitrogens with one attached hydrogen (secondary N) is 1. The lowest BCUT2D eigenvalue weighted by atomic mass is 9.97. The predicted molar refractivity (Wildman–Crippen MR) is 97.4 cm³/mol. The normalized spacial score (nSPS) is 16.7. The molecule has 1 aromatic carbocycles. The molecule has 0 aromatic heterocycles. The number of rotatable bonds is 9. The van der Waals surface area contributed by atoms with E-state index in [1.165, 1.54) is 24.8 Å². The number of unbranched alkanes of at least 4 members (excludes halogenated alkanes) is 2. The zero-order chi connectivity index (χ0) is 17.4. The van der Waals surface area contributed by atoms with E-state index in [0.717, 1.165) is 44.1 Å². The topological polar surface area (TPSA) is 43.0 Å². The van der Waals surface area contributed by atoms with Crippen molar-refractivity contribution in [2.75, 3.05) is 47.5 Å². The van der Waals surface area contributed by atoms with E-state index < -0.39 is 0 Å². The molecule has 1 saturated heterocycles. The Hall–Kier alpha value is -1.46. The van der Waals surface area contributed by atoms with Gasteiger partial charge in [0.2, 0.25) is 5.75 Å². The van der Waals surface area contributed by atoms with Crippen LogP contribution in [0.2, 0.25) is 0 Å². The molecule has 0 saturated carbocycles. The maximum atomic E-state index is 5.55. The van der Waals surface area contributed by atoms with Crippen LogP contribution >= 0.6 is 0 Å². The van der Waals surface area contributed by atoms with Gasteiger partial charge in [0.25, 0.3) is 0 Å². The van der Waals surface area contributed by atoms with Gasteiger partial charge in [-0.15, -0.1) is 0 Å². The van der Waals surface area contributed by atoms with Crippen molar-refractivity contribution in [3.8, 4) is 17.2 Å². The number of ether oxygens (including phenoxy) is 3. The third-order valence-corrected chi connectivity index (χ3v) is 4.75. The number of methoxy groups -OCH3 is 3. The molecule has 2 rings (SSSR count). The summed E-state index contributed by atoms with van der Waals surface area (Å²) in [4.78, 5) is 2.58. The lowest BCUT2D eigenvalue weighted by Gasteiger charge is -2.35. The summed E-state index contributed by atoms with van der Waals surface area (Å²) in [6.07, 6.45) is 4.91. The molecule has 1 aliphatic heterocycles. The van der Waals surface area contributed by atoms with E-state index in [4.69, 9.17) is 14.2 Å². The van der Waals surface area contributed by atoms with Crippen molar-refractivity contribution in [3.05, 3.63) is 17.7 Å². The van der Waals surface area contributed by atoms with Gasteiger partial charge in [0.1, 0.15) is 0 Å². The van der Waals surface area contributed by atoms with Crippen LogP contribution in [0.15, 0.2) is 12.1 Å². The van der Waals surface area contributed by atoms with Crippen molar-refractivity contribution in [1.29, 1.82) is 0 Å². The zero-order valence-corrected chi connectivity index (χ0v) is 15.6. The fourth-order valence-corrected chi connectivity index (χ4v) is 3.44. The molecule has 136 valence electrons. The Morgan fingerprint density at radius 3 is 2.12 bits per heavy atom. The van der Waals surface area contributed by atoms with Crippen LogP contribution in [0.3, 0.4) is 0 Å². The quantitative estimate of drug-likeness (QED) is 0.701. The van der Waals surface area contributed by atoms with Crippen molar-refractivity contribution in [1.82, 2.24) is 10.2 Å². The minimum Gasteiger partial charge on any atom is -0.493 e. The molecule has 1 heterocycles. The highest BCUT2D eigenvalue weighted by Crippen LogP contribution is 2.41. The van der Waals surface area contributed by atoms with E-state index in [9.17, 15) is 0 Å². The first-order valence-corrected chi connectivity index (χ1v) is 8.99. The molecule has 1 aliphatic rings. The van der Waals surface area contributed by atoms with Crippen LogP contribution in [0.1, 0.15) is 44.2 Å². The smallest absolute Gasteiger partial charge is 0.203 e. The van der Waals surface area contributed by atoms with Gasteiger partial charge in [0, 0.05) is 32.2 Å². The van der Waals surface area contributed by atoms with Gasteiger partial charge < -0.3 is 19.5 Å². The predicted octanol–water partition coefficient (Wildman–Crippen LogP) is 3.24. The molecule has 1 atom stereocenters. The van der Waals surface area contributed by atoms with Gasteiger partial charge in [-0.2, -0.15) is 0 Å². The van der Waals surface area contributed by atoms with Crippen molar-refractivity contribution in [2.24, 2.45) is 0 Å². The van der Waals surface area contributed by atoms with Crippen LogP contribution in [-0.2, 0) is 0 Å². The van der Waals surface area contributed by atoms with Crippen LogP contribution in [0, 0.1) is 0 Å². The first-order valence-electron chi connectivity index (χ1n) is 8.99. The minimum atomic E-state index is 0.396. The Bertz CT molecular complexity index is 476. The third-order valence-electron chi connectivity index (χ3n) is 4.75. The van der Waals surface area contributed by atoms with Crippen molar-refractivity contribution < 1.29 is 14.2 Å². The maximum absolute atomic E-state index is 5.55. The fraction of sp³-hybridized carbons (Fsp3) is 0.684. The molecule has 5 heteroatoms. The molecule has 1 fully saturated rings. The van der Waals surface area contributed by atoms with E-state index >= 15 is 0 Å². The van der Waals surface area contributed by atoms with Crippen LogP contribution in [-0.4, -0.2) is 52.4 Å². The van der Waals surface area contributed by atoms with E-state index in [2.05, 4.69) is 29.3 Å². The molecule has 0 aliphatic carbocycles. The van der Waals surface area contributed by atoms with Crippen LogP contribution in [0.25, 0.3) is 0 Å². The molecule has 0 radical (unpaired) electrons. The van der Waals surface area contributed by atoms with Crippen molar-refractivity contribution in [2.45, 2.75) is 38.6 Å². The fourth-order valence-electron chi connectivity index (χ4n) is 3.44. The van der Waals surface area contributed by atoms with Gasteiger partial charge in [-0.1, -0.05) is 26.2 Å². The Labute approximate surface area is 146 Å². The van der Waals surface area contributed by atoms with E-state index in [-0.39, 0.29) is 0 Å². The maximum Gasteiger partial charge on any atom is 0.203 e. The van der Waals surface area contributed by atoms with Crippen LogP contribution in [0.5, 0.6) is 17.2 Å². The first kappa shape index (κ1) is 18.9. The molecular formula is C19H32N2O3. The first-order chi connectivity index (χ1) is 11.7. The number of piperazine rings is 1. The highest BCUT2D eigenvalue weighted by Gasteiger charge is 2.24. The summed E-state index contributed by atoms with van der Waals surface area (Å²) in [6, 6.07) is 4.62. The number of hydrogen-bond donors (Lipinski definition) is 1. The average Bonchev–Trinajstić information content (AvgIpc) is 2.64.